The Bertz CT molecular complexity index is 643. The van der Waals surface area contributed by atoms with Gasteiger partial charge in [0.25, 0.3) is 0 Å². The quantitative estimate of drug-likeness (QED) is 0.921. The van der Waals surface area contributed by atoms with E-state index < -0.39 is 11.7 Å². The Kier molecular flexibility index (Phi) is 3.97. The summed E-state index contributed by atoms with van der Waals surface area (Å²) in [4.78, 5) is 24.9. The Morgan fingerprint density at radius 2 is 2.05 bits per heavy atom. The molecule has 6 heteroatoms. The van der Waals surface area contributed by atoms with Gasteiger partial charge in [-0.1, -0.05) is 0 Å². The van der Waals surface area contributed by atoms with Crippen LogP contribution in [0, 0.1) is 6.92 Å². The van der Waals surface area contributed by atoms with Crippen molar-refractivity contribution in [3.8, 4) is 11.3 Å². The van der Waals surface area contributed by atoms with Gasteiger partial charge in [0.1, 0.15) is 5.60 Å². The molecule has 0 bridgehead atoms. The summed E-state index contributed by atoms with van der Waals surface area (Å²) in [6.45, 7) is 7.40. The van der Waals surface area contributed by atoms with Crippen molar-refractivity contribution in [3.05, 3.63) is 30.2 Å². The van der Waals surface area contributed by atoms with Gasteiger partial charge < -0.3 is 9.72 Å². The van der Waals surface area contributed by atoms with E-state index in [9.17, 15) is 4.79 Å². The van der Waals surface area contributed by atoms with Gasteiger partial charge in [0.05, 0.1) is 11.9 Å². The van der Waals surface area contributed by atoms with Crippen molar-refractivity contribution in [2.75, 3.05) is 11.9 Å². The number of nitrogens with one attached hydrogen (secondary N) is 1. The van der Waals surface area contributed by atoms with Gasteiger partial charge in [-0.3, -0.25) is 9.88 Å². The fourth-order valence-electron chi connectivity index (χ4n) is 1.80. The minimum absolute atomic E-state index is 0.433. The number of carbonyl (C=O) groups is 1. The summed E-state index contributed by atoms with van der Waals surface area (Å²) < 4.78 is 5.31. The lowest BCUT2D eigenvalue weighted by Crippen LogP contribution is -2.34. The van der Waals surface area contributed by atoms with Crippen LogP contribution in [0.25, 0.3) is 11.3 Å². The fraction of sp³-hybridized carbons (Fsp3) is 0.400. The first-order chi connectivity index (χ1) is 9.78. The fourth-order valence-corrected chi connectivity index (χ4v) is 1.80. The Balaban J connectivity index is 2.20. The van der Waals surface area contributed by atoms with Crippen molar-refractivity contribution in [1.82, 2.24) is 15.0 Å². The summed E-state index contributed by atoms with van der Waals surface area (Å²) in [5, 5.41) is 0. The van der Waals surface area contributed by atoms with Crippen molar-refractivity contribution >= 4 is 12.0 Å². The van der Waals surface area contributed by atoms with Gasteiger partial charge in [-0.15, -0.1) is 0 Å². The third kappa shape index (κ3) is 3.59. The zero-order valence-electron chi connectivity index (χ0n) is 13.0. The molecule has 0 spiro atoms. The van der Waals surface area contributed by atoms with Crippen molar-refractivity contribution in [2.45, 2.75) is 33.3 Å². The van der Waals surface area contributed by atoms with Gasteiger partial charge >= 0.3 is 6.09 Å². The second-order valence-electron chi connectivity index (χ2n) is 5.80. The molecule has 1 amide bonds. The summed E-state index contributed by atoms with van der Waals surface area (Å²) in [7, 11) is 1.62. The predicted molar refractivity (Wildman–Crippen MR) is 81.2 cm³/mol. The average Bonchev–Trinajstić information content (AvgIpc) is 2.85. The Hall–Kier alpha value is -2.37. The smallest absolute Gasteiger partial charge is 0.416 e. The number of aromatic nitrogens is 3. The summed E-state index contributed by atoms with van der Waals surface area (Å²) in [6, 6.07) is 3.81. The van der Waals surface area contributed by atoms with Gasteiger partial charge in [-0.25, -0.2) is 9.78 Å². The Labute approximate surface area is 124 Å². The number of aromatic amines is 1. The monoisotopic (exact) mass is 288 g/mol. The number of amides is 1. The SMILES string of the molecule is Cc1ncccc1-c1cnc(N(C)C(=O)OC(C)(C)C)[nH]1. The summed E-state index contributed by atoms with van der Waals surface area (Å²) in [6.07, 6.45) is 2.97. The molecule has 0 fully saturated rings. The van der Waals surface area contributed by atoms with Crippen LogP contribution >= 0.6 is 0 Å². The zero-order chi connectivity index (χ0) is 15.6. The van der Waals surface area contributed by atoms with Gasteiger partial charge in [-0.2, -0.15) is 0 Å². The molecule has 0 aliphatic carbocycles. The molecule has 112 valence electrons. The highest BCUT2D eigenvalue weighted by Gasteiger charge is 2.22. The molecule has 2 aromatic heterocycles. The summed E-state index contributed by atoms with van der Waals surface area (Å²) in [5.74, 6) is 0.433. The van der Waals surface area contributed by atoms with Crippen molar-refractivity contribution in [1.29, 1.82) is 0 Å². The average molecular weight is 288 g/mol. The maximum Gasteiger partial charge on any atom is 0.416 e. The zero-order valence-corrected chi connectivity index (χ0v) is 13.0. The van der Waals surface area contributed by atoms with Gasteiger partial charge in [0.15, 0.2) is 0 Å². The normalized spacial score (nSPS) is 11.3. The van der Waals surface area contributed by atoms with E-state index in [-0.39, 0.29) is 0 Å². The minimum Gasteiger partial charge on any atom is -0.443 e. The topological polar surface area (TPSA) is 71.1 Å². The Morgan fingerprint density at radius 1 is 1.33 bits per heavy atom. The van der Waals surface area contributed by atoms with E-state index in [1.54, 1.807) is 19.4 Å². The van der Waals surface area contributed by atoms with Crippen LogP contribution in [0.3, 0.4) is 0 Å². The molecule has 0 saturated heterocycles. The van der Waals surface area contributed by atoms with E-state index in [0.29, 0.717) is 5.95 Å². The molecule has 0 aliphatic rings. The van der Waals surface area contributed by atoms with E-state index in [0.717, 1.165) is 17.0 Å². The second-order valence-corrected chi connectivity index (χ2v) is 5.80. The predicted octanol–water partition coefficient (Wildman–Crippen LogP) is 3.15. The maximum absolute atomic E-state index is 12.0. The van der Waals surface area contributed by atoms with Crippen LogP contribution in [0.2, 0.25) is 0 Å². The molecule has 21 heavy (non-hydrogen) atoms. The van der Waals surface area contributed by atoms with Crippen LogP contribution in [0.15, 0.2) is 24.5 Å². The standard InChI is InChI=1S/C15H20N4O2/c1-10-11(7-6-8-16-10)12-9-17-13(18-12)19(5)14(20)21-15(2,3)4/h6-9H,1-5H3,(H,17,18). The molecule has 2 heterocycles. The first-order valence-corrected chi connectivity index (χ1v) is 6.71. The second kappa shape index (κ2) is 5.55. The molecule has 2 aromatic rings. The van der Waals surface area contributed by atoms with Crippen LogP contribution < -0.4 is 4.90 Å². The highest BCUT2D eigenvalue weighted by Crippen LogP contribution is 2.22. The lowest BCUT2D eigenvalue weighted by Gasteiger charge is -2.23. The van der Waals surface area contributed by atoms with Crippen molar-refractivity contribution < 1.29 is 9.53 Å². The first kappa shape index (κ1) is 15.0. The number of imidazole rings is 1. The van der Waals surface area contributed by atoms with Crippen LogP contribution in [0.1, 0.15) is 26.5 Å². The van der Waals surface area contributed by atoms with Crippen LogP contribution in [0.4, 0.5) is 10.7 Å². The number of nitrogens with zero attached hydrogens (tertiary/aromatic N) is 3. The van der Waals surface area contributed by atoms with E-state index in [1.165, 1.54) is 4.90 Å². The lowest BCUT2D eigenvalue weighted by molar-refractivity contribution is 0.0587. The molecule has 0 aliphatic heterocycles. The lowest BCUT2D eigenvalue weighted by atomic mass is 10.1. The van der Waals surface area contributed by atoms with Gasteiger partial charge in [0.2, 0.25) is 5.95 Å². The van der Waals surface area contributed by atoms with Crippen molar-refractivity contribution in [3.63, 3.8) is 0 Å². The third-order valence-corrected chi connectivity index (χ3v) is 2.84. The number of aryl methyl sites for hydroxylation is 1. The number of ether oxygens (including phenoxy) is 1. The highest BCUT2D eigenvalue weighted by molar-refractivity contribution is 5.85. The third-order valence-electron chi connectivity index (χ3n) is 2.84. The first-order valence-electron chi connectivity index (χ1n) is 6.71. The molecule has 2 rings (SSSR count). The van der Waals surface area contributed by atoms with Crippen LogP contribution in [0.5, 0.6) is 0 Å². The van der Waals surface area contributed by atoms with Gasteiger partial charge in [0, 0.05) is 24.5 Å². The van der Waals surface area contributed by atoms with E-state index in [4.69, 9.17) is 4.74 Å². The summed E-state index contributed by atoms with van der Waals surface area (Å²) >= 11 is 0. The Morgan fingerprint density at radius 3 is 2.67 bits per heavy atom. The largest absolute Gasteiger partial charge is 0.443 e. The number of hydrogen-bond acceptors (Lipinski definition) is 4. The molecular formula is C15H20N4O2. The highest BCUT2D eigenvalue weighted by atomic mass is 16.6. The molecule has 0 atom stereocenters. The van der Waals surface area contributed by atoms with E-state index in [2.05, 4.69) is 15.0 Å². The molecule has 0 unspecified atom stereocenters. The molecular weight excluding hydrogens is 268 g/mol. The maximum atomic E-state index is 12.0. The number of anilines is 1. The number of hydrogen-bond donors (Lipinski definition) is 1. The van der Waals surface area contributed by atoms with E-state index in [1.807, 2.05) is 39.8 Å². The molecule has 0 radical (unpaired) electrons. The van der Waals surface area contributed by atoms with Crippen LogP contribution in [-0.2, 0) is 4.74 Å². The summed E-state index contributed by atoms with van der Waals surface area (Å²) in [5.41, 5.74) is 2.12. The molecule has 6 nitrogen and oxygen atoms in total. The van der Waals surface area contributed by atoms with Crippen LogP contribution in [-0.4, -0.2) is 33.7 Å². The molecule has 1 N–H and O–H groups in total. The van der Waals surface area contributed by atoms with Crippen molar-refractivity contribution in [2.24, 2.45) is 0 Å². The molecule has 0 aromatic carbocycles. The number of H-pyrrole nitrogens is 1. The van der Waals surface area contributed by atoms with E-state index >= 15 is 0 Å². The minimum atomic E-state index is -0.541. The number of carbonyl (C=O) groups excluding carboxylic acids is 1. The molecule has 0 saturated carbocycles. The van der Waals surface area contributed by atoms with Gasteiger partial charge in [-0.05, 0) is 39.8 Å². The number of pyridine rings is 1. The number of rotatable bonds is 2.